The molecule has 7 heteroatoms. The highest BCUT2D eigenvalue weighted by atomic mass is 32.1. The number of benzene rings is 2. The lowest BCUT2D eigenvalue weighted by Crippen LogP contribution is -2.29. The number of aromatic nitrogens is 2. The van der Waals surface area contributed by atoms with Gasteiger partial charge in [0.15, 0.2) is 5.11 Å². The van der Waals surface area contributed by atoms with E-state index < -0.39 is 0 Å². The van der Waals surface area contributed by atoms with Crippen LogP contribution < -0.4 is 10.2 Å². The van der Waals surface area contributed by atoms with Gasteiger partial charge in [0.1, 0.15) is 0 Å². The molecule has 0 radical (unpaired) electrons. The largest absolute Gasteiger partial charge is 0.465 e. The highest BCUT2D eigenvalue weighted by molar-refractivity contribution is 7.80. The van der Waals surface area contributed by atoms with Gasteiger partial charge in [0.05, 0.1) is 30.5 Å². The van der Waals surface area contributed by atoms with Crippen LogP contribution in [0.15, 0.2) is 85.1 Å². The summed E-state index contributed by atoms with van der Waals surface area (Å²) >= 11 is 5.84. The third kappa shape index (κ3) is 4.08. The van der Waals surface area contributed by atoms with Crippen molar-refractivity contribution < 1.29 is 9.53 Å². The third-order valence-corrected chi connectivity index (χ3v) is 6.76. The maximum absolute atomic E-state index is 12.1. The average molecular weight is 483 g/mol. The van der Waals surface area contributed by atoms with E-state index in [-0.39, 0.29) is 18.1 Å². The van der Waals surface area contributed by atoms with Crippen LogP contribution in [0.25, 0.3) is 5.69 Å². The molecule has 176 valence electrons. The minimum Gasteiger partial charge on any atom is -0.465 e. The fourth-order valence-corrected chi connectivity index (χ4v) is 5.26. The standard InChI is InChI=1S/C28H26N4O2S/c1-18-16-23(19(2)31(18)22-13-9-10-20(17-22)27(33)34-3)26-25(24-14-7-8-15-29-24)30-28(35)32(26)21-11-5-4-6-12-21/h4-17,25-26H,1-3H3,(H,30,35)/t25-,26-/m1/s1. The van der Waals surface area contributed by atoms with Crippen molar-refractivity contribution in [3.05, 3.63) is 113 Å². The molecule has 0 saturated carbocycles. The van der Waals surface area contributed by atoms with E-state index in [0.717, 1.165) is 34.0 Å². The van der Waals surface area contributed by atoms with Crippen LogP contribution in [0.5, 0.6) is 0 Å². The van der Waals surface area contributed by atoms with Gasteiger partial charge < -0.3 is 19.5 Å². The Morgan fingerprint density at radius 3 is 2.43 bits per heavy atom. The van der Waals surface area contributed by atoms with Crippen LogP contribution >= 0.6 is 12.2 Å². The molecule has 2 aromatic carbocycles. The zero-order valence-electron chi connectivity index (χ0n) is 19.8. The maximum Gasteiger partial charge on any atom is 0.337 e. The Balaban J connectivity index is 1.66. The number of rotatable bonds is 5. The lowest BCUT2D eigenvalue weighted by atomic mass is 9.96. The van der Waals surface area contributed by atoms with Gasteiger partial charge in [0, 0.05) is 29.0 Å². The molecule has 0 aliphatic carbocycles. The number of thiocarbonyl (C=S) groups is 1. The number of aryl methyl sites for hydroxylation is 1. The topological polar surface area (TPSA) is 59.4 Å². The van der Waals surface area contributed by atoms with Gasteiger partial charge in [-0.15, -0.1) is 0 Å². The fourth-order valence-electron chi connectivity index (χ4n) is 4.91. The number of methoxy groups -OCH3 is 1. The predicted molar refractivity (Wildman–Crippen MR) is 141 cm³/mol. The van der Waals surface area contributed by atoms with Crippen molar-refractivity contribution in [3.63, 3.8) is 0 Å². The molecule has 3 heterocycles. The highest BCUT2D eigenvalue weighted by Crippen LogP contribution is 2.43. The van der Waals surface area contributed by atoms with Crippen molar-refractivity contribution in [3.8, 4) is 5.69 Å². The number of esters is 1. The monoisotopic (exact) mass is 482 g/mol. The molecule has 2 atom stereocenters. The van der Waals surface area contributed by atoms with Crippen molar-refractivity contribution in [2.45, 2.75) is 25.9 Å². The number of pyridine rings is 1. The second-order valence-corrected chi connectivity index (χ2v) is 8.92. The van der Waals surface area contributed by atoms with Crippen LogP contribution in [0.2, 0.25) is 0 Å². The molecule has 6 nitrogen and oxygen atoms in total. The van der Waals surface area contributed by atoms with E-state index >= 15 is 0 Å². The number of carbonyl (C=O) groups is 1. The Kier molecular flexibility index (Phi) is 6.09. The first-order chi connectivity index (χ1) is 17.0. The summed E-state index contributed by atoms with van der Waals surface area (Å²) in [6.07, 6.45) is 1.81. The molecule has 5 rings (SSSR count). The van der Waals surface area contributed by atoms with Crippen molar-refractivity contribution in [1.82, 2.24) is 14.9 Å². The lowest BCUT2D eigenvalue weighted by molar-refractivity contribution is 0.0600. The summed E-state index contributed by atoms with van der Waals surface area (Å²) in [6.45, 7) is 4.18. The summed E-state index contributed by atoms with van der Waals surface area (Å²) in [6, 6.07) is 25.6. The van der Waals surface area contributed by atoms with Crippen molar-refractivity contribution in [2.75, 3.05) is 12.0 Å². The van der Waals surface area contributed by atoms with Gasteiger partial charge in [-0.2, -0.15) is 0 Å². The van der Waals surface area contributed by atoms with Crippen LogP contribution in [0, 0.1) is 13.8 Å². The van der Waals surface area contributed by atoms with Crippen LogP contribution in [0.1, 0.15) is 45.1 Å². The first-order valence-electron chi connectivity index (χ1n) is 11.4. The van der Waals surface area contributed by atoms with Crippen LogP contribution in [-0.4, -0.2) is 27.7 Å². The van der Waals surface area contributed by atoms with Crippen LogP contribution in [-0.2, 0) is 4.74 Å². The second-order valence-electron chi connectivity index (χ2n) is 8.54. The number of ether oxygens (including phenoxy) is 1. The molecule has 1 fully saturated rings. The summed E-state index contributed by atoms with van der Waals surface area (Å²) in [7, 11) is 1.39. The lowest BCUT2D eigenvalue weighted by Gasteiger charge is -2.28. The highest BCUT2D eigenvalue weighted by Gasteiger charge is 2.42. The maximum atomic E-state index is 12.1. The molecule has 4 aromatic rings. The number of nitrogens with one attached hydrogen (secondary N) is 1. The van der Waals surface area contributed by atoms with E-state index in [9.17, 15) is 4.79 Å². The van der Waals surface area contributed by atoms with E-state index in [1.165, 1.54) is 7.11 Å². The molecule has 1 aliphatic rings. The summed E-state index contributed by atoms with van der Waals surface area (Å²) < 4.78 is 7.10. The molecule has 1 saturated heterocycles. The van der Waals surface area contributed by atoms with Crippen molar-refractivity contribution >= 4 is 29.0 Å². The van der Waals surface area contributed by atoms with Gasteiger partial charge in [-0.25, -0.2) is 4.79 Å². The quantitative estimate of drug-likeness (QED) is 0.301. The molecular weight excluding hydrogens is 456 g/mol. The van der Waals surface area contributed by atoms with Gasteiger partial charge in [-0.3, -0.25) is 4.98 Å². The minimum atomic E-state index is -0.356. The van der Waals surface area contributed by atoms with Crippen molar-refractivity contribution in [1.29, 1.82) is 0 Å². The Morgan fingerprint density at radius 1 is 0.971 bits per heavy atom. The second kappa shape index (κ2) is 9.35. The number of hydrogen-bond donors (Lipinski definition) is 1. The van der Waals surface area contributed by atoms with Crippen LogP contribution in [0.4, 0.5) is 5.69 Å². The summed E-state index contributed by atoms with van der Waals surface area (Å²) in [5, 5.41) is 4.18. The Hall–Kier alpha value is -3.97. The molecule has 35 heavy (non-hydrogen) atoms. The minimum absolute atomic E-state index is 0.108. The van der Waals surface area contributed by atoms with E-state index in [4.69, 9.17) is 17.0 Å². The number of hydrogen-bond acceptors (Lipinski definition) is 4. The number of carbonyl (C=O) groups excluding carboxylic acids is 1. The third-order valence-electron chi connectivity index (χ3n) is 6.45. The van der Waals surface area contributed by atoms with Gasteiger partial charge in [0.25, 0.3) is 0 Å². The molecule has 0 bridgehead atoms. The molecule has 1 N–H and O–H groups in total. The molecule has 2 aromatic heterocycles. The molecule has 0 amide bonds. The van der Waals surface area contributed by atoms with Gasteiger partial charge >= 0.3 is 5.97 Å². The average Bonchev–Trinajstić information content (AvgIpc) is 3.39. The summed E-state index contributed by atoms with van der Waals surface area (Å²) in [5.41, 5.74) is 6.64. The van der Waals surface area contributed by atoms with Crippen molar-refractivity contribution in [2.24, 2.45) is 0 Å². The van der Waals surface area contributed by atoms with E-state index in [0.29, 0.717) is 10.7 Å². The van der Waals surface area contributed by atoms with E-state index in [1.807, 2.05) is 60.8 Å². The predicted octanol–water partition coefficient (Wildman–Crippen LogP) is 5.45. The van der Waals surface area contributed by atoms with Crippen LogP contribution in [0.3, 0.4) is 0 Å². The Morgan fingerprint density at radius 2 is 1.71 bits per heavy atom. The smallest absolute Gasteiger partial charge is 0.337 e. The first-order valence-corrected chi connectivity index (χ1v) is 11.8. The Labute approximate surface area is 210 Å². The van der Waals surface area contributed by atoms with E-state index in [1.54, 1.807) is 6.07 Å². The summed E-state index contributed by atoms with van der Waals surface area (Å²) in [5.74, 6) is -0.356. The van der Waals surface area contributed by atoms with Gasteiger partial charge in [0.2, 0.25) is 0 Å². The normalized spacial score (nSPS) is 17.3. The SMILES string of the molecule is COC(=O)c1cccc(-n2c(C)cc([C@@H]3[C@@H](c4ccccn4)NC(=S)N3c3ccccc3)c2C)c1. The Bertz CT molecular complexity index is 1380. The van der Waals surface area contributed by atoms with E-state index in [2.05, 4.69) is 51.8 Å². The van der Waals surface area contributed by atoms with Gasteiger partial charge in [-0.05, 0) is 80.2 Å². The summed E-state index contributed by atoms with van der Waals surface area (Å²) in [4.78, 5) is 19.0. The zero-order valence-corrected chi connectivity index (χ0v) is 20.6. The van der Waals surface area contributed by atoms with Gasteiger partial charge in [-0.1, -0.05) is 30.3 Å². The number of nitrogens with zero attached hydrogens (tertiary/aromatic N) is 3. The zero-order chi connectivity index (χ0) is 24.5. The molecule has 0 spiro atoms. The molecule has 1 aliphatic heterocycles. The molecular formula is C28H26N4O2S. The number of para-hydroxylation sites is 1. The fraction of sp³-hybridized carbons (Fsp3) is 0.179. The first kappa shape index (κ1) is 22.8. The number of anilines is 1. The molecule has 0 unspecified atom stereocenters.